The average molecular weight is 334 g/mol. The van der Waals surface area contributed by atoms with Crippen molar-refractivity contribution in [2.45, 2.75) is 0 Å². The summed E-state index contributed by atoms with van der Waals surface area (Å²) < 4.78 is 2.41. The molecule has 5 nitrogen and oxygen atoms in total. The van der Waals surface area contributed by atoms with E-state index in [1.54, 1.807) is 48.0 Å². The van der Waals surface area contributed by atoms with Gasteiger partial charge in [0, 0.05) is 23.4 Å². The number of anilines is 2. The van der Waals surface area contributed by atoms with Crippen LogP contribution in [0.1, 0.15) is 0 Å². The van der Waals surface area contributed by atoms with Gasteiger partial charge in [-0.1, -0.05) is 29.0 Å². The number of aryl methyl sites for hydroxylation is 1. The van der Waals surface area contributed by atoms with Gasteiger partial charge in [0.05, 0.1) is 10.2 Å². The molecule has 3 aromatic rings. The lowest BCUT2D eigenvalue weighted by Crippen LogP contribution is -2.19. The van der Waals surface area contributed by atoms with Crippen LogP contribution in [0.25, 0.3) is 10.2 Å². The zero-order valence-electron chi connectivity index (χ0n) is 11.6. The number of aromatic nitrogens is 1. The first-order chi connectivity index (χ1) is 10.5. The SMILES string of the molecule is Cn1c(=O)sc2cc(NC(=O)Nc3cccc(Cl)c3)ccc21. The molecule has 0 bridgehead atoms. The van der Waals surface area contributed by atoms with Gasteiger partial charge in [0.1, 0.15) is 0 Å². The highest BCUT2D eigenvalue weighted by Gasteiger charge is 2.07. The van der Waals surface area contributed by atoms with Gasteiger partial charge in [0.15, 0.2) is 0 Å². The lowest BCUT2D eigenvalue weighted by Gasteiger charge is -2.08. The molecule has 2 N–H and O–H groups in total. The molecule has 22 heavy (non-hydrogen) atoms. The molecular weight excluding hydrogens is 322 g/mol. The van der Waals surface area contributed by atoms with Crippen LogP contribution in [-0.4, -0.2) is 10.6 Å². The van der Waals surface area contributed by atoms with Crippen molar-refractivity contribution >= 4 is 50.6 Å². The number of nitrogens with zero attached hydrogens (tertiary/aromatic N) is 1. The normalized spacial score (nSPS) is 10.6. The molecule has 0 aliphatic heterocycles. The second-order valence-corrected chi connectivity index (χ2v) is 6.13. The molecule has 0 aliphatic rings. The lowest BCUT2D eigenvalue weighted by atomic mass is 10.3. The fourth-order valence-electron chi connectivity index (χ4n) is 2.07. The van der Waals surface area contributed by atoms with Crippen molar-refractivity contribution in [3.63, 3.8) is 0 Å². The summed E-state index contributed by atoms with van der Waals surface area (Å²) in [7, 11) is 1.72. The second-order valence-electron chi connectivity index (χ2n) is 4.70. The van der Waals surface area contributed by atoms with Gasteiger partial charge in [-0.05, 0) is 36.4 Å². The van der Waals surface area contributed by atoms with E-state index in [1.807, 2.05) is 6.07 Å². The van der Waals surface area contributed by atoms with Crippen molar-refractivity contribution in [2.24, 2.45) is 7.05 Å². The fourth-order valence-corrected chi connectivity index (χ4v) is 3.18. The maximum atomic E-state index is 12.0. The molecule has 1 aromatic heterocycles. The molecule has 0 unspecified atom stereocenters. The van der Waals surface area contributed by atoms with Crippen LogP contribution >= 0.6 is 22.9 Å². The molecule has 2 aromatic carbocycles. The lowest BCUT2D eigenvalue weighted by molar-refractivity contribution is 0.262. The summed E-state index contributed by atoms with van der Waals surface area (Å²) in [6.45, 7) is 0. The Bertz CT molecular complexity index is 917. The van der Waals surface area contributed by atoms with Crippen LogP contribution in [0, 0.1) is 0 Å². The number of nitrogens with one attached hydrogen (secondary N) is 2. The zero-order chi connectivity index (χ0) is 15.7. The van der Waals surface area contributed by atoms with Gasteiger partial charge >= 0.3 is 10.9 Å². The predicted octanol–water partition coefficient (Wildman–Crippen LogP) is 3.90. The zero-order valence-corrected chi connectivity index (χ0v) is 13.2. The molecule has 0 saturated carbocycles. The number of amides is 2. The molecule has 3 rings (SSSR count). The number of benzene rings is 2. The summed E-state index contributed by atoms with van der Waals surface area (Å²) >= 11 is 7.01. The molecule has 0 radical (unpaired) electrons. The van der Waals surface area contributed by atoms with Gasteiger partial charge in [0.2, 0.25) is 0 Å². The van der Waals surface area contributed by atoms with Crippen LogP contribution in [0.3, 0.4) is 0 Å². The summed E-state index contributed by atoms with van der Waals surface area (Å²) in [5, 5.41) is 5.98. The van der Waals surface area contributed by atoms with Gasteiger partial charge in [-0.2, -0.15) is 0 Å². The standard InChI is InChI=1S/C15H12ClN3O2S/c1-19-12-6-5-11(8-13(12)22-15(19)21)18-14(20)17-10-4-2-3-9(16)7-10/h2-8H,1H3,(H2,17,18,20). The Kier molecular flexibility index (Phi) is 3.87. The number of hydrogen-bond acceptors (Lipinski definition) is 3. The van der Waals surface area contributed by atoms with E-state index < -0.39 is 0 Å². The van der Waals surface area contributed by atoms with E-state index in [2.05, 4.69) is 10.6 Å². The van der Waals surface area contributed by atoms with Crippen molar-refractivity contribution in [2.75, 3.05) is 10.6 Å². The maximum absolute atomic E-state index is 12.0. The highest BCUT2D eigenvalue weighted by atomic mass is 35.5. The van der Waals surface area contributed by atoms with Gasteiger partial charge in [0.25, 0.3) is 0 Å². The molecule has 0 spiro atoms. The van der Waals surface area contributed by atoms with E-state index >= 15 is 0 Å². The topological polar surface area (TPSA) is 63.1 Å². The molecule has 0 aliphatic carbocycles. The van der Waals surface area contributed by atoms with Gasteiger partial charge in [-0.15, -0.1) is 0 Å². The molecule has 7 heteroatoms. The van der Waals surface area contributed by atoms with E-state index in [9.17, 15) is 9.59 Å². The largest absolute Gasteiger partial charge is 0.323 e. The third-order valence-corrected chi connectivity index (χ3v) is 4.36. The molecule has 112 valence electrons. The smallest absolute Gasteiger partial charge is 0.308 e. The number of urea groups is 1. The first-order valence-electron chi connectivity index (χ1n) is 6.46. The van der Waals surface area contributed by atoms with Crippen LogP contribution in [-0.2, 0) is 7.05 Å². The third kappa shape index (κ3) is 2.98. The monoisotopic (exact) mass is 333 g/mol. The van der Waals surface area contributed by atoms with Crippen molar-refractivity contribution < 1.29 is 4.79 Å². The van der Waals surface area contributed by atoms with Crippen LogP contribution in [0.4, 0.5) is 16.2 Å². The fraction of sp³-hybridized carbons (Fsp3) is 0.0667. The van der Waals surface area contributed by atoms with E-state index in [1.165, 1.54) is 0 Å². The Labute approximate surface area is 135 Å². The number of halogens is 1. The number of fused-ring (bicyclic) bond motifs is 1. The Morgan fingerprint density at radius 1 is 1.14 bits per heavy atom. The summed E-state index contributed by atoms with van der Waals surface area (Å²) in [6.07, 6.45) is 0. The Morgan fingerprint density at radius 3 is 2.59 bits per heavy atom. The molecule has 0 fully saturated rings. The minimum atomic E-state index is -0.370. The number of thiazole rings is 1. The Morgan fingerprint density at radius 2 is 1.86 bits per heavy atom. The van der Waals surface area contributed by atoms with Crippen molar-refractivity contribution in [3.8, 4) is 0 Å². The predicted molar refractivity (Wildman–Crippen MR) is 91.2 cm³/mol. The number of carbonyl (C=O) groups is 1. The van der Waals surface area contributed by atoms with E-state index in [0.29, 0.717) is 16.4 Å². The maximum Gasteiger partial charge on any atom is 0.323 e. The van der Waals surface area contributed by atoms with E-state index in [4.69, 9.17) is 11.6 Å². The van der Waals surface area contributed by atoms with Crippen LogP contribution in [0.15, 0.2) is 47.3 Å². The first kappa shape index (κ1) is 14.6. The minimum absolute atomic E-state index is 0.0319. The van der Waals surface area contributed by atoms with Crippen molar-refractivity contribution in [1.29, 1.82) is 0 Å². The summed E-state index contributed by atoms with van der Waals surface area (Å²) in [4.78, 5) is 23.6. The van der Waals surface area contributed by atoms with Gasteiger partial charge in [-0.25, -0.2) is 4.79 Å². The van der Waals surface area contributed by atoms with Crippen molar-refractivity contribution in [1.82, 2.24) is 4.57 Å². The van der Waals surface area contributed by atoms with Crippen LogP contribution < -0.4 is 15.5 Å². The van der Waals surface area contributed by atoms with E-state index in [0.717, 1.165) is 21.6 Å². The number of rotatable bonds is 2. The second kappa shape index (κ2) is 5.82. The Hall–Kier alpha value is -2.31. The van der Waals surface area contributed by atoms with Crippen LogP contribution in [0.5, 0.6) is 0 Å². The highest BCUT2D eigenvalue weighted by Crippen LogP contribution is 2.21. The minimum Gasteiger partial charge on any atom is -0.308 e. The molecule has 2 amide bonds. The number of hydrogen-bond donors (Lipinski definition) is 2. The summed E-state index contributed by atoms with van der Waals surface area (Å²) in [5.41, 5.74) is 2.07. The number of carbonyl (C=O) groups excluding carboxylic acids is 1. The third-order valence-electron chi connectivity index (χ3n) is 3.13. The molecular formula is C15H12ClN3O2S. The molecule has 0 saturated heterocycles. The Balaban J connectivity index is 1.78. The summed E-state index contributed by atoms with van der Waals surface area (Å²) in [6, 6.07) is 11.9. The van der Waals surface area contributed by atoms with Crippen molar-refractivity contribution in [3.05, 3.63) is 57.2 Å². The molecule has 1 heterocycles. The first-order valence-corrected chi connectivity index (χ1v) is 7.65. The quantitative estimate of drug-likeness (QED) is 0.747. The summed E-state index contributed by atoms with van der Waals surface area (Å²) in [5.74, 6) is 0. The van der Waals surface area contributed by atoms with E-state index in [-0.39, 0.29) is 10.9 Å². The van der Waals surface area contributed by atoms with Crippen LogP contribution in [0.2, 0.25) is 5.02 Å². The highest BCUT2D eigenvalue weighted by molar-refractivity contribution is 7.16. The van der Waals surface area contributed by atoms with Gasteiger partial charge in [-0.3, -0.25) is 4.79 Å². The van der Waals surface area contributed by atoms with Gasteiger partial charge < -0.3 is 15.2 Å². The molecule has 0 atom stereocenters. The average Bonchev–Trinajstić information content (AvgIpc) is 2.73.